The molecule has 0 aliphatic carbocycles. The lowest BCUT2D eigenvalue weighted by molar-refractivity contribution is 0.282. The topological polar surface area (TPSA) is 23.5 Å². The van der Waals surface area contributed by atoms with Crippen molar-refractivity contribution < 1.29 is 5.11 Å². The van der Waals surface area contributed by atoms with Crippen LogP contribution < -0.4 is 4.90 Å². The third-order valence-corrected chi connectivity index (χ3v) is 5.37. The Morgan fingerprint density at radius 2 is 2.06 bits per heavy atom. The normalized spacial score (nSPS) is 23.7. The molecule has 0 fully saturated rings. The fourth-order valence-electron chi connectivity index (χ4n) is 2.45. The van der Waals surface area contributed by atoms with Crippen LogP contribution in [-0.4, -0.2) is 30.1 Å². The highest BCUT2D eigenvalue weighted by Crippen LogP contribution is 2.44. The molecule has 0 bridgehead atoms. The first-order valence-electron chi connectivity index (χ1n) is 6.16. The third kappa shape index (κ3) is 2.18. The molecule has 2 atom stereocenters. The first kappa shape index (κ1) is 12.8. The fraction of sp³-hybridized carbons (Fsp3) is 0.571. The van der Waals surface area contributed by atoms with Gasteiger partial charge in [0.25, 0.3) is 0 Å². The van der Waals surface area contributed by atoms with E-state index in [0.717, 1.165) is 6.42 Å². The minimum Gasteiger partial charge on any atom is -0.396 e. The number of hydrogen-bond acceptors (Lipinski definition) is 3. The maximum Gasteiger partial charge on any atom is 0.0537 e. The van der Waals surface area contributed by atoms with Crippen LogP contribution in [0.15, 0.2) is 17.0 Å². The van der Waals surface area contributed by atoms with Crippen molar-refractivity contribution in [2.45, 2.75) is 43.4 Å². The lowest BCUT2D eigenvalue weighted by Crippen LogP contribution is -2.41. The number of rotatable bonds is 2. The third-order valence-electron chi connectivity index (χ3n) is 3.86. The molecule has 2 nitrogen and oxygen atoms in total. The smallest absolute Gasteiger partial charge is 0.0537 e. The molecule has 1 heterocycles. The van der Waals surface area contributed by atoms with E-state index in [2.05, 4.69) is 44.9 Å². The second-order valence-corrected chi connectivity index (χ2v) is 6.16. The Hall–Kier alpha value is -0.670. The van der Waals surface area contributed by atoms with Gasteiger partial charge in [-0.3, -0.25) is 0 Å². The molecule has 17 heavy (non-hydrogen) atoms. The number of hydrogen-bond donors (Lipinski definition) is 1. The molecule has 1 aliphatic heterocycles. The zero-order chi connectivity index (χ0) is 12.6. The summed E-state index contributed by atoms with van der Waals surface area (Å²) in [6.45, 7) is 6.89. The number of aryl methyl sites for hydroxylation is 1. The van der Waals surface area contributed by atoms with Crippen molar-refractivity contribution in [2.75, 3.05) is 18.6 Å². The van der Waals surface area contributed by atoms with Gasteiger partial charge in [-0.2, -0.15) is 0 Å². The molecule has 0 saturated heterocycles. The van der Waals surface area contributed by atoms with Gasteiger partial charge in [0.1, 0.15) is 0 Å². The maximum atomic E-state index is 9.14. The number of aliphatic hydroxyl groups is 1. The van der Waals surface area contributed by atoms with Gasteiger partial charge in [-0.25, -0.2) is 0 Å². The number of anilines is 1. The molecular formula is C14H21NOS. The molecule has 0 amide bonds. The van der Waals surface area contributed by atoms with E-state index in [1.807, 2.05) is 11.8 Å². The molecule has 0 spiro atoms. The molecular weight excluding hydrogens is 230 g/mol. The van der Waals surface area contributed by atoms with Crippen LogP contribution in [0.2, 0.25) is 0 Å². The predicted octanol–water partition coefficient (Wildman–Crippen LogP) is 2.98. The van der Waals surface area contributed by atoms with Crippen molar-refractivity contribution in [3.8, 4) is 0 Å². The van der Waals surface area contributed by atoms with Crippen molar-refractivity contribution in [2.24, 2.45) is 0 Å². The monoisotopic (exact) mass is 251 g/mol. The Kier molecular flexibility index (Phi) is 3.69. The van der Waals surface area contributed by atoms with Gasteiger partial charge < -0.3 is 10.0 Å². The molecule has 2 unspecified atom stereocenters. The highest BCUT2D eigenvalue weighted by Gasteiger charge is 2.30. The second kappa shape index (κ2) is 4.91. The van der Waals surface area contributed by atoms with E-state index in [9.17, 15) is 0 Å². The van der Waals surface area contributed by atoms with Gasteiger partial charge in [-0.15, -0.1) is 11.8 Å². The first-order chi connectivity index (χ1) is 8.06. The van der Waals surface area contributed by atoms with Crippen molar-refractivity contribution in [1.29, 1.82) is 0 Å². The molecule has 1 aromatic carbocycles. The molecule has 1 aliphatic rings. The number of aliphatic hydroxyl groups excluding tert-OH is 1. The summed E-state index contributed by atoms with van der Waals surface area (Å²) >= 11 is 1.91. The molecule has 0 aromatic heterocycles. The summed E-state index contributed by atoms with van der Waals surface area (Å²) in [4.78, 5) is 3.72. The van der Waals surface area contributed by atoms with Crippen LogP contribution in [0.25, 0.3) is 0 Å². The van der Waals surface area contributed by atoms with Gasteiger partial charge in [-0.1, -0.05) is 6.07 Å². The van der Waals surface area contributed by atoms with Crippen LogP contribution in [0, 0.1) is 13.8 Å². The van der Waals surface area contributed by atoms with Crippen LogP contribution in [0.1, 0.15) is 24.5 Å². The van der Waals surface area contributed by atoms with Gasteiger partial charge >= 0.3 is 0 Å². The van der Waals surface area contributed by atoms with Gasteiger partial charge in [0.15, 0.2) is 0 Å². The van der Waals surface area contributed by atoms with Gasteiger partial charge in [0.05, 0.1) is 5.69 Å². The molecule has 0 radical (unpaired) electrons. The summed E-state index contributed by atoms with van der Waals surface area (Å²) in [6.07, 6.45) is 0.864. The molecule has 94 valence electrons. The lowest BCUT2D eigenvalue weighted by atomic mass is 10.0. The highest BCUT2D eigenvalue weighted by atomic mass is 32.2. The second-order valence-electron chi connectivity index (χ2n) is 4.87. The lowest BCUT2D eigenvalue weighted by Gasteiger charge is -2.40. The van der Waals surface area contributed by atoms with Crippen molar-refractivity contribution in [3.63, 3.8) is 0 Å². The fourth-order valence-corrected chi connectivity index (χ4v) is 3.94. The Bertz CT molecular complexity index is 419. The van der Waals surface area contributed by atoms with E-state index >= 15 is 0 Å². The van der Waals surface area contributed by atoms with Crippen molar-refractivity contribution in [1.82, 2.24) is 0 Å². The molecule has 2 rings (SSSR count). The van der Waals surface area contributed by atoms with Crippen molar-refractivity contribution in [3.05, 3.63) is 23.3 Å². The Morgan fingerprint density at radius 3 is 2.71 bits per heavy atom. The predicted molar refractivity (Wildman–Crippen MR) is 75.1 cm³/mol. The zero-order valence-electron chi connectivity index (χ0n) is 11.0. The molecule has 1 aromatic rings. The number of benzene rings is 1. The van der Waals surface area contributed by atoms with Crippen LogP contribution >= 0.6 is 11.8 Å². The number of fused-ring (bicyclic) bond motifs is 1. The van der Waals surface area contributed by atoms with E-state index in [1.165, 1.54) is 21.7 Å². The SMILES string of the molecule is Cc1ccc2c(c1C)N(C)C(C)C(CCO)S2. The molecule has 0 saturated carbocycles. The molecule has 3 heteroatoms. The average Bonchev–Trinajstić information content (AvgIpc) is 2.30. The maximum absolute atomic E-state index is 9.14. The van der Waals surface area contributed by atoms with E-state index < -0.39 is 0 Å². The van der Waals surface area contributed by atoms with Crippen LogP contribution in [0.5, 0.6) is 0 Å². The summed E-state index contributed by atoms with van der Waals surface area (Å²) < 4.78 is 0. The van der Waals surface area contributed by atoms with E-state index in [-0.39, 0.29) is 6.61 Å². The summed E-state index contributed by atoms with van der Waals surface area (Å²) in [7, 11) is 2.17. The van der Waals surface area contributed by atoms with Crippen LogP contribution in [0.3, 0.4) is 0 Å². The minimum atomic E-state index is 0.274. The van der Waals surface area contributed by atoms with Gasteiger partial charge in [0.2, 0.25) is 0 Å². The van der Waals surface area contributed by atoms with Gasteiger partial charge in [0, 0.05) is 29.8 Å². The Balaban J connectivity index is 2.42. The van der Waals surface area contributed by atoms with Crippen LogP contribution in [-0.2, 0) is 0 Å². The summed E-state index contributed by atoms with van der Waals surface area (Å²) in [5, 5.41) is 9.62. The standard InChI is InChI=1S/C14H21NOS/c1-9-5-6-13-14(10(9)2)15(4)11(3)12(17-13)7-8-16/h5-6,11-12,16H,7-8H2,1-4H3. The Labute approximate surface area is 108 Å². The Morgan fingerprint density at radius 1 is 1.35 bits per heavy atom. The largest absolute Gasteiger partial charge is 0.396 e. The van der Waals surface area contributed by atoms with E-state index in [1.54, 1.807) is 0 Å². The van der Waals surface area contributed by atoms with Crippen LogP contribution in [0.4, 0.5) is 5.69 Å². The van der Waals surface area contributed by atoms with E-state index in [4.69, 9.17) is 5.11 Å². The van der Waals surface area contributed by atoms with Gasteiger partial charge in [-0.05, 0) is 44.4 Å². The van der Waals surface area contributed by atoms with Crippen molar-refractivity contribution >= 4 is 17.4 Å². The summed E-state index contributed by atoms with van der Waals surface area (Å²) in [6, 6.07) is 4.89. The summed E-state index contributed by atoms with van der Waals surface area (Å²) in [5.41, 5.74) is 4.10. The highest BCUT2D eigenvalue weighted by molar-refractivity contribution is 8.00. The number of nitrogens with zero attached hydrogens (tertiary/aromatic N) is 1. The van der Waals surface area contributed by atoms with E-state index in [0.29, 0.717) is 11.3 Å². The average molecular weight is 251 g/mol. The number of thioether (sulfide) groups is 1. The summed E-state index contributed by atoms with van der Waals surface area (Å²) in [5.74, 6) is 0. The minimum absolute atomic E-state index is 0.274. The first-order valence-corrected chi connectivity index (χ1v) is 7.04. The molecule has 1 N–H and O–H groups in total. The quantitative estimate of drug-likeness (QED) is 0.874. The zero-order valence-corrected chi connectivity index (χ0v) is 11.8.